The lowest BCUT2D eigenvalue weighted by atomic mass is 9.76. The van der Waals surface area contributed by atoms with Crippen molar-refractivity contribution in [2.24, 2.45) is 10.7 Å². The van der Waals surface area contributed by atoms with Crippen molar-refractivity contribution in [3.8, 4) is 11.1 Å². The summed E-state index contributed by atoms with van der Waals surface area (Å²) in [6, 6.07) is 6.59. The molecule has 1 aliphatic carbocycles. The molecule has 1 unspecified atom stereocenters. The van der Waals surface area contributed by atoms with Crippen molar-refractivity contribution in [1.29, 1.82) is 0 Å². The third-order valence-electron chi connectivity index (χ3n) is 4.99. The summed E-state index contributed by atoms with van der Waals surface area (Å²) in [6.07, 6.45) is 3.04. The Balaban J connectivity index is 1.79. The normalized spacial score (nSPS) is 23.3. The molecular weight excluding hydrogens is 274 g/mol. The number of aromatic nitrogens is 2. The van der Waals surface area contributed by atoms with Crippen LogP contribution in [0.25, 0.3) is 11.1 Å². The van der Waals surface area contributed by atoms with Crippen LogP contribution in [-0.2, 0) is 12.8 Å². The molecule has 22 heavy (non-hydrogen) atoms. The van der Waals surface area contributed by atoms with E-state index in [1.807, 2.05) is 0 Å². The zero-order valence-electron chi connectivity index (χ0n) is 13.0. The number of nitrogens with zero attached hydrogens (tertiary/aromatic N) is 2. The highest BCUT2D eigenvalue weighted by molar-refractivity contribution is 5.81. The number of hydrogen-bond donors (Lipinski definition) is 3. The van der Waals surface area contributed by atoms with E-state index in [2.05, 4.69) is 52.6 Å². The maximum Gasteiger partial charge on any atom is 0.189 e. The van der Waals surface area contributed by atoms with E-state index in [9.17, 15) is 0 Å². The molecular formula is C17H21N5. The van der Waals surface area contributed by atoms with Gasteiger partial charge in [0.15, 0.2) is 5.96 Å². The molecule has 5 nitrogen and oxygen atoms in total. The van der Waals surface area contributed by atoms with E-state index >= 15 is 0 Å². The van der Waals surface area contributed by atoms with Gasteiger partial charge in [-0.05, 0) is 49.8 Å². The number of aliphatic imine (C=N–C) groups is 1. The largest absolute Gasteiger partial charge is 0.370 e. The monoisotopic (exact) mass is 295 g/mol. The van der Waals surface area contributed by atoms with Gasteiger partial charge in [-0.25, -0.2) is 4.99 Å². The van der Waals surface area contributed by atoms with Gasteiger partial charge >= 0.3 is 0 Å². The van der Waals surface area contributed by atoms with E-state index in [-0.39, 0.29) is 5.54 Å². The van der Waals surface area contributed by atoms with Gasteiger partial charge < -0.3 is 11.1 Å². The van der Waals surface area contributed by atoms with Crippen LogP contribution in [0.5, 0.6) is 0 Å². The lowest BCUT2D eigenvalue weighted by Crippen LogP contribution is -2.39. The minimum Gasteiger partial charge on any atom is -0.370 e. The number of rotatable bonds is 1. The summed E-state index contributed by atoms with van der Waals surface area (Å²) in [7, 11) is 0. The van der Waals surface area contributed by atoms with Gasteiger partial charge in [0.05, 0.1) is 11.2 Å². The summed E-state index contributed by atoms with van der Waals surface area (Å²) in [5.74, 6) is 0.584. The van der Waals surface area contributed by atoms with Crippen LogP contribution in [-0.4, -0.2) is 28.2 Å². The molecule has 114 valence electrons. The van der Waals surface area contributed by atoms with E-state index in [4.69, 9.17) is 5.73 Å². The molecule has 0 radical (unpaired) electrons. The first kappa shape index (κ1) is 13.4. The molecule has 2 aliphatic rings. The number of nitrogens with two attached hydrogens (primary N) is 1. The summed E-state index contributed by atoms with van der Waals surface area (Å²) in [6.45, 7) is 5.01. The predicted octanol–water partition coefficient (Wildman–Crippen LogP) is 1.84. The third kappa shape index (κ3) is 1.92. The minimum atomic E-state index is -0.0454. The maximum atomic E-state index is 5.83. The third-order valence-corrected chi connectivity index (χ3v) is 4.99. The molecule has 1 aromatic carbocycles. The smallest absolute Gasteiger partial charge is 0.189 e. The molecule has 4 rings (SSSR count). The Morgan fingerprint density at radius 1 is 1.27 bits per heavy atom. The van der Waals surface area contributed by atoms with Crippen molar-refractivity contribution in [3.63, 3.8) is 0 Å². The lowest BCUT2D eigenvalue weighted by molar-refractivity contribution is 0.395. The number of H-pyrrole nitrogens is 1. The van der Waals surface area contributed by atoms with Gasteiger partial charge in [0.1, 0.15) is 0 Å². The summed E-state index contributed by atoms with van der Waals surface area (Å²) in [4.78, 5) is 4.67. The Hall–Kier alpha value is -2.30. The number of hydrogen-bond acceptors (Lipinski definition) is 4. The Morgan fingerprint density at radius 2 is 2.14 bits per heavy atom. The molecule has 0 fully saturated rings. The second-order valence-corrected chi connectivity index (χ2v) is 6.50. The lowest BCUT2D eigenvalue weighted by Gasteiger charge is -2.32. The first-order valence-electron chi connectivity index (χ1n) is 7.80. The summed E-state index contributed by atoms with van der Waals surface area (Å²) < 4.78 is 0. The second kappa shape index (κ2) is 4.60. The molecule has 0 amide bonds. The Kier molecular flexibility index (Phi) is 2.79. The molecule has 0 saturated heterocycles. The first-order valence-corrected chi connectivity index (χ1v) is 7.80. The Labute approximate surface area is 130 Å². The number of fused-ring (bicyclic) bond motifs is 1. The highest BCUT2D eigenvalue weighted by Gasteiger charge is 2.38. The summed E-state index contributed by atoms with van der Waals surface area (Å²) >= 11 is 0. The fourth-order valence-electron chi connectivity index (χ4n) is 3.91. The SMILES string of the molecule is Cc1n[nH]c(C)c1-c1cccc2c1CCC1(CNC(N)=N1)C2. The average molecular weight is 295 g/mol. The van der Waals surface area contributed by atoms with Gasteiger partial charge in [-0.15, -0.1) is 0 Å². The quantitative estimate of drug-likeness (QED) is 0.751. The van der Waals surface area contributed by atoms with Crippen molar-refractivity contribution in [3.05, 3.63) is 40.7 Å². The Morgan fingerprint density at radius 3 is 2.82 bits per heavy atom. The highest BCUT2D eigenvalue weighted by Crippen LogP contribution is 2.39. The fraction of sp³-hybridized carbons (Fsp3) is 0.412. The van der Waals surface area contributed by atoms with Crippen LogP contribution in [0, 0.1) is 13.8 Å². The standard InChI is InChI=1S/C17H21N5/c1-10-15(11(2)22-21-10)14-5-3-4-12-8-17(7-6-13(12)14)9-19-16(18)20-17/h3-5H,6-9H2,1-2H3,(H,21,22)(H3,18,19,20). The van der Waals surface area contributed by atoms with Crippen LogP contribution in [0.1, 0.15) is 28.9 Å². The molecule has 1 spiro atoms. The average Bonchev–Trinajstić information content (AvgIpc) is 3.01. The van der Waals surface area contributed by atoms with Crippen LogP contribution in [0.15, 0.2) is 23.2 Å². The zero-order valence-corrected chi connectivity index (χ0v) is 13.0. The van der Waals surface area contributed by atoms with Gasteiger partial charge in [-0.1, -0.05) is 18.2 Å². The van der Waals surface area contributed by atoms with E-state index in [0.717, 1.165) is 37.2 Å². The molecule has 2 heterocycles. The second-order valence-electron chi connectivity index (χ2n) is 6.50. The summed E-state index contributed by atoms with van der Waals surface area (Å²) in [5.41, 5.74) is 13.4. The van der Waals surface area contributed by atoms with Crippen molar-refractivity contribution >= 4 is 5.96 Å². The van der Waals surface area contributed by atoms with Gasteiger partial charge in [0.2, 0.25) is 0 Å². The van der Waals surface area contributed by atoms with Crippen LogP contribution in [0.2, 0.25) is 0 Å². The van der Waals surface area contributed by atoms with Gasteiger partial charge in [-0.2, -0.15) is 5.10 Å². The van der Waals surface area contributed by atoms with Crippen LogP contribution >= 0.6 is 0 Å². The summed E-state index contributed by atoms with van der Waals surface area (Å²) in [5, 5.41) is 10.6. The van der Waals surface area contributed by atoms with Gasteiger partial charge in [-0.3, -0.25) is 5.10 Å². The topological polar surface area (TPSA) is 79.1 Å². The van der Waals surface area contributed by atoms with Crippen molar-refractivity contribution in [2.75, 3.05) is 6.54 Å². The molecule has 1 atom stereocenters. The molecule has 2 aromatic rings. The van der Waals surface area contributed by atoms with Crippen LogP contribution in [0.3, 0.4) is 0 Å². The molecule has 1 aliphatic heterocycles. The number of guanidine groups is 1. The molecule has 1 aromatic heterocycles. The number of aryl methyl sites for hydroxylation is 2. The maximum absolute atomic E-state index is 5.83. The highest BCUT2D eigenvalue weighted by atomic mass is 15.2. The first-order chi connectivity index (χ1) is 10.6. The van der Waals surface area contributed by atoms with Crippen molar-refractivity contribution in [2.45, 2.75) is 38.6 Å². The van der Waals surface area contributed by atoms with Crippen LogP contribution in [0.4, 0.5) is 0 Å². The van der Waals surface area contributed by atoms with Crippen molar-refractivity contribution in [1.82, 2.24) is 15.5 Å². The van der Waals surface area contributed by atoms with Gasteiger partial charge in [0.25, 0.3) is 0 Å². The van der Waals surface area contributed by atoms with Gasteiger partial charge in [0, 0.05) is 17.8 Å². The number of benzene rings is 1. The van der Waals surface area contributed by atoms with Crippen LogP contribution < -0.4 is 11.1 Å². The zero-order chi connectivity index (χ0) is 15.3. The van der Waals surface area contributed by atoms with E-state index < -0.39 is 0 Å². The minimum absolute atomic E-state index is 0.0454. The molecule has 0 bridgehead atoms. The van der Waals surface area contributed by atoms with E-state index in [1.165, 1.54) is 22.3 Å². The number of nitrogens with one attached hydrogen (secondary N) is 2. The predicted molar refractivity (Wildman–Crippen MR) is 87.9 cm³/mol. The van der Waals surface area contributed by atoms with E-state index in [1.54, 1.807) is 0 Å². The molecule has 4 N–H and O–H groups in total. The Bertz CT molecular complexity index is 754. The fourth-order valence-corrected chi connectivity index (χ4v) is 3.91. The molecule has 5 heteroatoms. The molecule has 0 saturated carbocycles. The number of aromatic amines is 1. The van der Waals surface area contributed by atoms with Crippen molar-refractivity contribution < 1.29 is 0 Å². The van der Waals surface area contributed by atoms with E-state index in [0.29, 0.717) is 5.96 Å².